The van der Waals surface area contributed by atoms with Crippen molar-refractivity contribution in [1.29, 1.82) is 0 Å². The Hall–Kier alpha value is -3.36. The fourth-order valence-electron chi connectivity index (χ4n) is 5.15. The summed E-state index contributed by atoms with van der Waals surface area (Å²) in [6.45, 7) is 8.37. The molecule has 174 valence electrons. The number of aromatic nitrogens is 4. The van der Waals surface area contributed by atoms with Gasteiger partial charge in [0.1, 0.15) is 5.82 Å². The summed E-state index contributed by atoms with van der Waals surface area (Å²) in [6.07, 6.45) is 3.32. The zero-order valence-corrected chi connectivity index (χ0v) is 19.5. The van der Waals surface area contributed by atoms with Crippen molar-refractivity contribution in [2.24, 2.45) is 12.5 Å². The molecule has 1 amide bonds. The molecule has 33 heavy (non-hydrogen) atoms. The average Bonchev–Trinajstić information content (AvgIpc) is 3.16. The first-order valence-corrected chi connectivity index (χ1v) is 11.4. The van der Waals surface area contributed by atoms with E-state index in [0.29, 0.717) is 30.8 Å². The Morgan fingerprint density at radius 3 is 2.42 bits per heavy atom. The van der Waals surface area contributed by atoms with Gasteiger partial charge in [-0.3, -0.25) is 13.9 Å². The molecule has 2 aliphatic rings. The summed E-state index contributed by atoms with van der Waals surface area (Å²) in [6, 6.07) is 7.23. The van der Waals surface area contributed by atoms with E-state index in [-0.39, 0.29) is 35.0 Å². The SMILES string of the molecule is Cn1c(=O)n(CC(C)(C)C)c2ccc(N3CC4CCC(C3)N4C(=O)c3ccc(O)nc3)nc21. The number of nitrogens with zero attached hydrogens (tertiary/aromatic N) is 6. The van der Waals surface area contributed by atoms with E-state index in [4.69, 9.17) is 4.98 Å². The van der Waals surface area contributed by atoms with Gasteiger partial charge >= 0.3 is 5.69 Å². The molecule has 2 aliphatic heterocycles. The van der Waals surface area contributed by atoms with Crippen LogP contribution in [0.1, 0.15) is 44.0 Å². The lowest BCUT2D eigenvalue weighted by Gasteiger charge is -2.41. The lowest BCUT2D eigenvalue weighted by molar-refractivity contribution is 0.0640. The Morgan fingerprint density at radius 1 is 1.12 bits per heavy atom. The van der Waals surface area contributed by atoms with Crippen LogP contribution in [0.3, 0.4) is 0 Å². The van der Waals surface area contributed by atoms with Crippen molar-refractivity contribution in [2.75, 3.05) is 18.0 Å². The van der Waals surface area contributed by atoms with Gasteiger partial charge in [0, 0.05) is 38.9 Å². The molecule has 3 aromatic heterocycles. The van der Waals surface area contributed by atoms with Gasteiger partial charge in [0.05, 0.1) is 23.2 Å². The van der Waals surface area contributed by atoms with Crippen molar-refractivity contribution in [3.8, 4) is 5.88 Å². The third-order valence-electron chi connectivity index (χ3n) is 6.63. The number of hydrogen-bond donors (Lipinski definition) is 1. The van der Waals surface area contributed by atoms with Gasteiger partial charge in [-0.15, -0.1) is 0 Å². The summed E-state index contributed by atoms with van der Waals surface area (Å²) in [7, 11) is 1.77. The molecule has 0 radical (unpaired) electrons. The topological polar surface area (TPSA) is 96.5 Å². The van der Waals surface area contributed by atoms with Gasteiger partial charge in [0.2, 0.25) is 5.88 Å². The number of aromatic hydroxyl groups is 1. The number of hydrogen-bond acceptors (Lipinski definition) is 6. The van der Waals surface area contributed by atoms with Crippen molar-refractivity contribution < 1.29 is 9.90 Å². The number of aryl methyl sites for hydroxylation is 1. The maximum absolute atomic E-state index is 13.1. The molecular formula is C24H30N6O3. The highest BCUT2D eigenvalue weighted by Crippen LogP contribution is 2.34. The van der Waals surface area contributed by atoms with E-state index in [2.05, 4.69) is 30.7 Å². The number of fused-ring (bicyclic) bond motifs is 3. The van der Waals surface area contributed by atoms with Crippen LogP contribution in [0.2, 0.25) is 0 Å². The second kappa shape index (κ2) is 7.60. The predicted molar refractivity (Wildman–Crippen MR) is 126 cm³/mol. The number of imidazole rings is 1. The van der Waals surface area contributed by atoms with Crippen molar-refractivity contribution >= 4 is 22.9 Å². The second-order valence-corrected chi connectivity index (χ2v) is 10.4. The minimum Gasteiger partial charge on any atom is -0.493 e. The molecule has 2 bridgehead atoms. The Labute approximate surface area is 192 Å². The van der Waals surface area contributed by atoms with Gasteiger partial charge in [0.15, 0.2) is 5.65 Å². The molecule has 2 atom stereocenters. The minimum absolute atomic E-state index is 0.0220. The van der Waals surface area contributed by atoms with E-state index in [1.165, 1.54) is 12.3 Å². The standard InChI is InChI=1S/C24H30N6O3/c1-24(2,3)14-29-18-8-9-19(26-21(18)27(4)23(29)33)28-12-16-6-7-17(13-28)30(16)22(32)15-5-10-20(31)25-11-15/h5,8-11,16-17H,6-7,12-14H2,1-4H3,(H,25,31). The van der Waals surface area contributed by atoms with Crippen LogP contribution >= 0.6 is 0 Å². The van der Waals surface area contributed by atoms with E-state index < -0.39 is 0 Å². The molecule has 3 aromatic rings. The quantitative estimate of drug-likeness (QED) is 0.658. The van der Waals surface area contributed by atoms with Crippen molar-refractivity contribution in [3.05, 3.63) is 46.5 Å². The predicted octanol–water partition coefficient (Wildman–Crippen LogP) is 2.38. The molecule has 9 heteroatoms. The molecule has 5 rings (SSSR count). The second-order valence-electron chi connectivity index (χ2n) is 10.4. The molecule has 0 aliphatic carbocycles. The van der Waals surface area contributed by atoms with E-state index in [0.717, 1.165) is 24.2 Å². The number of carbonyl (C=O) groups is 1. The molecule has 5 heterocycles. The fourth-order valence-corrected chi connectivity index (χ4v) is 5.15. The Balaban J connectivity index is 1.41. The molecular weight excluding hydrogens is 420 g/mol. The molecule has 2 unspecified atom stereocenters. The van der Waals surface area contributed by atoms with E-state index >= 15 is 0 Å². The summed E-state index contributed by atoms with van der Waals surface area (Å²) in [5, 5.41) is 9.42. The number of carbonyl (C=O) groups excluding carboxylic acids is 1. The van der Waals surface area contributed by atoms with Gasteiger partial charge in [0.25, 0.3) is 5.91 Å². The van der Waals surface area contributed by atoms with Crippen molar-refractivity contribution in [1.82, 2.24) is 24.0 Å². The summed E-state index contributed by atoms with van der Waals surface area (Å²) >= 11 is 0. The molecule has 0 saturated carbocycles. The normalized spacial score (nSPS) is 20.6. The Kier molecular flexibility index (Phi) is 4.95. The van der Waals surface area contributed by atoms with Gasteiger partial charge in [-0.1, -0.05) is 20.8 Å². The van der Waals surface area contributed by atoms with Crippen LogP contribution in [0.25, 0.3) is 11.2 Å². The van der Waals surface area contributed by atoms with Crippen molar-refractivity contribution in [3.63, 3.8) is 0 Å². The van der Waals surface area contributed by atoms with Crippen molar-refractivity contribution in [2.45, 2.75) is 52.2 Å². The third-order valence-corrected chi connectivity index (χ3v) is 6.63. The maximum Gasteiger partial charge on any atom is 0.330 e. The summed E-state index contributed by atoms with van der Waals surface area (Å²) < 4.78 is 3.43. The van der Waals surface area contributed by atoms with Gasteiger partial charge in [-0.05, 0) is 36.5 Å². The number of pyridine rings is 2. The first kappa shape index (κ1) is 21.5. The van der Waals surface area contributed by atoms with Gasteiger partial charge < -0.3 is 14.9 Å². The zero-order chi connectivity index (χ0) is 23.5. The lowest BCUT2D eigenvalue weighted by Crippen LogP contribution is -2.56. The van der Waals surface area contributed by atoms with Crippen LogP contribution in [0.4, 0.5) is 5.82 Å². The third kappa shape index (κ3) is 3.75. The molecule has 9 nitrogen and oxygen atoms in total. The van der Waals surface area contributed by atoms with Crippen LogP contribution < -0.4 is 10.6 Å². The van der Waals surface area contributed by atoms with Crippen LogP contribution in [-0.2, 0) is 13.6 Å². The number of piperazine rings is 1. The summed E-state index contributed by atoms with van der Waals surface area (Å²) in [5.41, 5.74) is 1.95. The van der Waals surface area contributed by atoms with Crippen LogP contribution in [-0.4, -0.2) is 60.2 Å². The molecule has 0 spiro atoms. The highest BCUT2D eigenvalue weighted by atomic mass is 16.3. The lowest BCUT2D eigenvalue weighted by atomic mass is 9.97. The molecule has 2 saturated heterocycles. The monoisotopic (exact) mass is 450 g/mol. The van der Waals surface area contributed by atoms with E-state index in [1.807, 2.05) is 17.0 Å². The Bertz CT molecular complexity index is 1260. The number of anilines is 1. The largest absolute Gasteiger partial charge is 0.493 e. The van der Waals surface area contributed by atoms with Gasteiger partial charge in [-0.25, -0.2) is 14.8 Å². The first-order valence-electron chi connectivity index (χ1n) is 11.4. The highest BCUT2D eigenvalue weighted by Gasteiger charge is 2.43. The smallest absolute Gasteiger partial charge is 0.330 e. The summed E-state index contributed by atoms with van der Waals surface area (Å²) in [4.78, 5) is 38.9. The fraction of sp³-hybridized carbons (Fsp3) is 0.500. The number of rotatable bonds is 3. The zero-order valence-electron chi connectivity index (χ0n) is 19.5. The molecule has 2 fully saturated rings. The van der Waals surface area contributed by atoms with Crippen LogP contribution in [0.15, 0.2) is 35.3 Å². The average molecular weight is 451 g/mol. The minimum atomic E-state index is -0.0912. The molecule has 1 N–H and O–H groups in total. The highest BCUT2D eigenvalue weighted by molar-refractivity contribution is 5.95. The van der Waals surface area contributed by atoms with Crippen LogP contribution in [0.5, 0.6) is 5.88 Å². The van der Waals surface area contributed by atoms with E-state index in [1.54, 1.807) is 22.2 Å². The summed E-state index contributed by atoms with van der Waals surface area (Å²) in [5.74, 6) is 0.701. The van der Waals surface area contributed by atoms with Gasteiger partial charge in [-0.2, -0.15) is 0 Å². The van der Waals surface area contributed by atoms with E-state index in [9.17, 15) is 14.7 Å². The first-order chi connectivity index (χ1) is 15.6. The Morgan fingerprint density at radius 2 is 1.82 bits per heavy atom. The van der Waals surface area contributed by atoms with Crippen LogP contribution in [0, 0.1) is 5.41 Å². The molecule has 0 aromatic carbocycles. The number of amides is 1. The maximum atomic E-state index is 13.1.